The van der Waals surface area contributed by atoms with Gasteiger partial charge in [0.15, 0.2) is 0 Å². The van der Waals surface area contributed by atoms with Crippen LogP contribution < -0.4 is 10.5 Å². The molecular weight excluding hydrogens is 263 g/mol. The Morgan fingerprint density at radius 1 is 1.37 bits per heavy atom. The third-order valence-electron chi connectivity index (χ3n) is 1.79. The Hall–Kier alpha value is -2.49. The standard InChI is InChI=1S/C12H8F3NO3/c13-12(14,15)19-10-5-8(2-1-3-11(16)18)4-9(6-10)7-17/h4-7H,3H2,(H2,16,18). The number of primary amides is 1. The maximum absolute atomic E-state index is 12.1. The first-order valence-electron chi connectivity index (χ1n) is 4.93. The Morgan fingerprint density at radius 2 is 2.05 bits per heavy atom. The van der Waals surface area contributed by atoms with Crippen LogP contribution in [-0.2, 0) is 4.79 Å². The molecule has 0 saturated heterocycles. The molecule has 1 aromatic rings. The largest absolute Gasteiger partial charge is 0.573 e. The lowest BCUT2D eigenvalue weighted by Crippen LogP contribution is -2.17. The minimum Gasteiger partial charge on any atom is -0.406 e. The molecule has 7 heteroatoms. The van der Waals surface area contributed by atoms with E-state index < -0.39 is 18.0 Å². The second-order valence-electron chi connectivity index (χ2n) is 3.40. The normalized spacial score (nSPS) is 10.3. The van der Waals surface area contributed by atoms with E-state index in [1.807, 2.05) is 0 Å². The second kappa shape index (κ2) is 5.91. The van der Waals surface area contributed by atoms with Crippen molar-refractivity contribution < 1.29 is 27.5 Å². The highest BCUT2D eigenvalue weighted by Gasteiger charge is 2.31. The quantitative estimate of drug-likeness (QED) is 0.671. The first kappa shape index (κ1) is 14.6. The van der Waals surface area contributed by atoms with Gasteiger partial charge in [-0.05, 0) is 18.2 Å². The number of nitrogens with two attached hydrogens (primary N) is 1. The zero-order chi connectivity index (χ0) is 14.5. The summed E-state index contributed by atoms with van der Waals surface area (Å²) >= 11 is 0. The number of alkyl halides is 3. The number of hydrogen-bond acceptors (Lipinski definition) is 3. The predicted molar refractivity (Wildman–Crippen MR) is 59.2 cm³/mol. The molecule has 0 saturated carbocycles. The van der Waals surface area contributed by atoms with Gasteiger partial charge < -0.3 is 10.5 Å². The first-order valence-corrected chi connectivity index (χ1v) is 4.93. The summed E-state index contributed by atoms with van der Waals surface area (Å²) in [5.74, 6) is 3.57. The summed E-state index contributed by atoms with van der Waals surface area (Å²) in [6.45, 7) is 0. The lowest BCUT2D eigenvalue weighted by Gasteiger charge is -2.09. The summed E-state index contributed by atoms with van der Waals surface area (Å²) in [7, 11) is 0. The van der Waals surface area contributed by atoms with Gasteiger partial charge in [-0.2, -0.15) is 0 Å². The van der Waals surface area contributed by atoms with Crippen LogP contribution in [0.3, 0.4) is 0 Å². The number of ether oxygens (including phenoxy) is 1. The van der Waals surface area contributed by atoms with Gasteiger partial charge in [0.25, 0.3) is 0 Å². The number of carbonyl (C=O) groups excluding carboxylic acids is 2. The fourth-order valence-corrected chi connectivity index (χ4v) is 1.19. The van der Waals surface area contributed by atoms with Crippen LogP contribution in [0, 0.1) is 11.8 Å². The fourth-order valence-electron chi connectivity index (χ4n) is 1.19. The molecule has 0 radical (unpaired) electrons. The van der Waals surface area contributed by atoms with E-state index in [1.54, 1.807) is 0 Å². The molecule has 0 spiro atoms. The average molecular weight is 271 g/mol. The zero-order valence-electron chi connectivity index (χ0n) is 9.45. The third kappa shape index (κ3) is 5.59. The molecule has 100 valence electrons. The van der Waals surface area contributed by atoms with Gasteiger partial charge in [-0.25, -0.2) is 0 Å². The predicted octanol–water partition coefficient (Wildman–Crippen LogP) is 1.62. The molecule has 0 aromatic heterocycles. The smallest absolute Gasteiger partial charge is 0.406 e. The number of hydrogen-bond donors (Lipinski definition) is 1. The van der Waals surface area contributed by atoms with E-state index >= 15 is 0 Å². The van der Waals surface area contributed by atoms with Crippen LogP contribution in [0.5, 0.6) is 5.75 Å². The van der Waals surface area contributed by atoms with Gasteiger partial charge in [-0.15, -0.1) is 13.2 Å². The van der Waals surface area contributed by atoms with Crippen molar-refractivity contribution in [2.24, 2.45) is 5.73 Å². The Bertz CT molecular complexity index is 556. The van der Waals surface area contributed by atoms with E-state index in [9.17, 15) is 22.8 Å². The van der Waals surface area contributed by atoms with Crippen molar-refractivity contribution in [3.8, 4) is 17.6 Å². The fraction of sp³-hybridized carbons (Fsp3) is 0.167. The molecule has 1 rings (SSSR count). The topological polar surface area (TPSA) is 69.4 Å². The SMILES string of the molecule is NC(=O)CC#Cc1cc(C=O)cc(OC(F)(F)F)c1. The van der Waals surface area contributed by atoms with Gasteiger partial charge in [0.1, 0.15) is 12.0 Å². The van der Waals surface area contributed by atoms with Crippen LogP contribution in [0.25, 0.3) is 0 Å². The Balaban J connectivity index is 3.04. The average Bonchev–Trinajstić information content (AvgIpc) is 2.25. The lowest BCUT2D eigenvalue weighted by molar-refractivity contribution is -0.274. The molecule has 1 aromatic carbocycles. The van der Waals surface area contributed by atoms with Crippen LogP contribution >= 0.6 is 0 Å². The van der Waals surface area contributed by atoms with Crippen molar-refractivity contribution in [3.05, 3.63) is 29.3 Å². The van der Waals surface area contributed by atoms with Gasteiger partial charge in [0.05, 0.1) is 6.42 Å². The summed E-state index contributed by atoms with van der Waals surface area (Å²) in [4.78, 5) is 21.1. The summed E-state index contributed by atoms with van der Waals surface area (Å²) in [6, 6.07) is 3.21. The lowest BCUT2D eigenvalue weighted by atomic mass is 10.1. The number of aldehydes is 1. The Kier molecular flexibility index (Phi) is 4.53. The molecule has 0 aliphatic heterocycles. The van der Waals surface area contributed by atoms with Crippen LogP contribution in [0.1, 0.15) is 22.3 Å². The first-order chi connectivity index (χ1) is 8.80. The van der Waals surface area contributed by atoms with Crippen molar-refractivity contribution in [3.63, 3.8) is 0 Å². The van der Waals surface area contributed by atoms with Crippen LogP contribution in [0.4, 0.5) is 13.2 Å². The van der Waals surface area contributed by atoms with E-state index in [-0.39, 0.29) is 17.5 Å². The van der Waals surface area contributed by atoms with Gasteiger partial charge in [-0.1, -0.05) is 11.8 Å². The molecule has 0 aliphatic rings. The molecule has 1 amide bonds. The molecule has 19 heavy (non-hydrogen) atoms. The third-order valence-corrected chi connectivity index (χ3v) is 1.79. The summed E-state index contributed by atoms with van der Waals surface area (Å²) in [5.41, 5.74) is 4.95. The van der Waals surface area contributed by atoms with Crippen molar-refractivity contribution in [2.75, 3.05) is 0 Å². The second-order valence-corrected chi connectivity index (χ2v) is 3.40. The number of halogens is 3. The van der Waals surface area contributed by atoms with Crippen molar-refractivity contribution in [1.29, 1.82) is 0 Å². The number of carbonyl (C=O) groups is 2. The highest BCUT2D eigenvalue weighted by Crippen LogP contribution is 2.24. The number of benzene rings is 1. The molecule has 0 fully saturated rings. The molecule has 2 N–H and O–H groups in total. The molecule has 0 heterocycles. The van der Waals surface area contributed by atoms with Crippen molar-refractivity contribution >= 4 is 12.2 Å². The molecule has 0 unspecified atom stereocenters. The maximum Gasteiger partial charge on any atom is 0.573 e. The van der Waals surface area contributed by atoms with Gasteiger partial charge in [0, 0.05) is 11.1 Å². The van der Waals surface area contributed by atoms with Gasteiger partial charge in [0.2, 0.25) is 5.91 Å². The zero-order valence-corrected chi connectivity index (χ0v) is 9.45. The minimum atomic E-state index is -4.86. The molecular formula is C12H8F3NO3. The van der Waals surface area contributed by atoms with E-state index in [2.05, 4.69) is 16.6 Å². The number of amides is 1. The van der Waals surface area contributed by atoms with E-state index in [1.165, 1.54) is 6.07 Å². The van der Waals surface area contributed by atoms with E-state index in [0.717, 1.165) is 12.1 Å². The molecule has 4 nitrogen and oxygen atoms in total. The molecule has 0 atom stereocenters. The summed E-state index contributed by atoms with van der Waals surface area (Å²) in [6.07, 6.45) is -4.73. The van der Waals surface area contributed by atoms with Crippen molar-refractivity contribution in [2.45, 2.75) is 12.8 Å². The van der Waals surface area contributed by atoms with E-state index in [0.29, 0.717) is 6.29 Å². The highest BCUT2D eigenvalue weighted by molar-refractivity contribution is 5.78. The van der Waals surface area contributed by atoms with Gasteiger partial charge >= 0.3 is 6.36 Å². The molecule has 0 aliphatic carbocycles. The minimum absolute atomic E-state index is 0.0230. The van der Waals surface area contributed by atoms with Gasteiger partial charge in [-0.3, -0.25) is 9.59 Å². The van der Waals surface area contributed by atoms with Crippen LogP contribution in [0.15, 0.2) is 18.2 Å². The van der Waals surface area contributed by atoms with E-state index in [4.69, 9.17) is 5.73 Å². The summed E-state index contributed by atoms with van der Waals surface area (Å²) < 4.78 is 39.9. The van der Waals surface area contributed by atoms with Crippen LogP contribution in [0.2, 0.25) is 0 Å². The Labute approximate surface area is 106 Å². The molecule has 0 bridgehead atoms. The maximum atomic E-state index is 12.1. The van der Waals surface area contributed by atoms with Crippen molar-refractivity contribution in [1.82, 2.24) is 0 Å². The monoisotopic (exact) mass is 271 g/mol. The number of rotatable bonds is 3. The highest BCUT2D eigenvalue weighted by atomic mass is 19.4. The Morgan fingerprint density at radius 3 is 2.58 bits per heavy atom. The van der Waals surface area contributed by atoms with Crippen LogP contribution in [-0.4, -0.2) is 18.6 Å². The summed E-state index contributed by atoms with van der Waals surface area (Å²) in [5, 5.41) is 0.